The van der Waals surface area contributed by atoms with Gasteiger partial charge in [-0.1, -0.05) is 36.6 Å². The predicted octanol–water partition coefficient (Wildman–Crippen LogP) is 6.38. The van der Waals surface area contributed by atoms with E-state index in [1.54, 1.807) is 0 Å². The molecule has 0 aromatic rings. The van der Waals surface area contributed by atoms with Crippen LogP contribution in [-0.2, 0) is 0 Å². The van der Waals surface area contributed by atoms with Crippen molar-refractivity contribution in [2.45, 2.75) is 71.1 Å². The van der Waals surface area contributed by atoms with Crippen molar-refractivity contribution in [1.82, 2.24) is 0 Å². The first-order valence-corrected chi connectivity index (χ1v) is 11.0. The lowest BCUT2D eigenvalue weighted by Gasteiger charge is -2.54. The van der Waals surface area contributed by atoms with Gasteiger partial charge in [-0.15, -0.1) is 0 Å². The first-order valence-electron chi connectivity index (χ1n) is 9.59. The summed E-state index contributed by atoms with van der Waals surface area (Å²) in [5.74, 6) is 3.27. The van der Waals surface area contributed by atoms with Gasteiger partial charge in [0.2, 0.25) is 0 Å². The molecule has 0 radical (unpaired) electrons. The zero-order valence-electron chi connectivity index (χ0n) is 14.5. The average Bonchev–Trinajstić information content (AvgIpc) is 2.94. The molecule has 2 fully saturated rings. The lowest BCUT2D eigenvalue weighted by molar-refractivity contribution is 0.115. The van der Waals surface area contributed by atoms with E-state index >= 15 is 0 Å². The normalized spacial score (nSPS) is 43.7. The van der Waals surface area contributed by atoms with Crippen LogP contribution in [0, 0.1) is 22.7 Å². The van der Waals surface area contributed by atoms with E-state index in [1.807, 2.05) is 22.9 Å². The molecular weight excluding hydrogens is 284 g/mol. The molecule has 0 aliphatic heterocycles. The monoisotopic (exact) mass is 316 g/mol. The molecule has 0 spiro atoms. The van der Waals surface area contributed by atoms with Crippen molar-refractivity contribution in [2.24, 2.45) is 22.7 Å². The second-order valence-corrected chi connectivity index (χ2v) is 9.59. The quantitative estimate of drug-likeness (QED) is 0.544. The van der Waals surface area contributed by atoms with E-state index in [0.717, 1.165) is 11.8 Å². The van der Waals surface area contributed by atoms with Crippen LogP contribution in [0.3, 0.4) is 0 Å². The smallest absolute Gasteiger partial charge is 0.0131 e. The third-order valence-electron chi connectivity index (χ3n) is 7.65. The largest absolute Gasteiger partial charge is 0.165 e. The van der Waals surface area contributed by atoms with Crippen LogP contribution in [0.5, 0.6) is 0 Å². The summed E-state index contributed by atoms with van der Waals surface area (Å²) in [6.45, 7) is 2.60. The molecule has 122 valence electrons. The second-order valence-electron chi connectivity index (χ2n) is 8.61. The maximum atomic E-state index is 2.76. The Kier molecular flexibility index (Phi) is 4.00. The highest BCUT2D eigenvalue weighted by Gasteiger charge is 2.53. The lowest BCUT2D eigenvalue weighted by Crippen LogP contribution is -2.43. The topological polar surface area (TPSA) is 0 Å². The molecule has 0 N–H and O–H groups in total. The predicted molar refractivity (Wildman–Crippen MR) is 98.2 cm³/mol. The molecule has 4 aliphatic rings. The van der Waals surface area contributed by atoms with Crippen LogP contribution in [0.1, 0.15) is 71.1 Å². The van der Waals surface area contributed by atoms with E-state index < -0.39 is 0 Å². The number of allylic oxidation sites excluding steroid dienone is 4. The molecule has 2 saturated carbocycles. The van der Waals surface area contributed by atoms with Gasteiger partial charge in [0, 0.05) is 5.41 Å². The molecule has 0 aromatic heterocycles. The Labute approximate surface area is 141 Å². The van der Waals surface area contributed by atoms with Gasteiger partial charge < -0.3 is 0 Å². The van der Waals surface area contributed by atoms with Crippen molar-refractivity contribution in [3.05, 3.63) is 23.3 Å². The maximum Gasteiger partial charge on any atom is 0.0131 e. The summed E-state index contributed by atoms with van der Waals surface area (Å²) in [5, 5.41) is 0. The highest BCUT2D eigenvalue weighted by molar-refractivity contribution is 7.98. The zero-order chi connectivity index (χ0) is 15.2. The third kappa shape index (κ3) is 2.18. The van der Waals surface area contributed by atoms with Crippen molar-refractivity contribution in [3.63, 3.8) is 0 Å². The number of hydrogen-bond donors (Lipinski definition) is 0. The minimum Gasteiger partial charge on any atom is -0.165 e. The molecule has 1 heteroatoms. The molecule has 0 saturated heterocycles. The van der Waals surface area contributed by atoms with Crippen LogP contribution >= 0.6 is 11.8 Å². The first kappa shape index (κ1) is 15.4. The Morgan fingerprint density at radius 1 is 1.18 bits per heavy atom. The highest BCUT2D eigenvalue weighted by Crippen LogP contribution is 2.64. The van der Waals surface area contributed by atoms with E-state index in [9.17, 15) is 0 Å². The number of thioether (sulfide) groups is 1. The summed E-state index contributed by atoms with van der Waals surface area (Å²) in [6.07, 6.45) is 22.0. The van der Waals surface area contributed by atoms with Crippen molar-refractivity contribution in [2.75, 3.05) is 12.0 Å². The van der Waals surface area contributed by atoms with Crippen LogP contribution < -0.4 is 0 Å². The van der Waals surface area contributed by atoms with Crippen LogP contribution in [0.25, 0.3) is 0 Å². The molecule has 0 aromatic carbocycles. The van der Waals surface area contributed by atoms with Crippen LogP contribution in [0.15, 0.2) is 23.3 Å². The zero-order valence-corrected chi connectivity index (χ0v) is 15.3. The number of rotatable bonds is 3. The Bertz CT molecular complexity index is 502. The summed E-state index contributed by atoms with van der Waals surface area (Å²) in [5.41, 5.74) is 4.90. The average molecular weight is 317 g/mol. The number of hydrogen-bond acceptors (Lipinski definition) is 1. The summed E-state index contributed by atoms with van der Waals surface area (Å²) in [4.78, 5) is 0. The molecular formula is C21H32S. The van der Waals surface area contributed by atoms with Crippen molar-refractivity contribution in [1.29, 1.82) is 0 Å². The van der Waals surface area contributed by atoms with Crippen LogP contribution in [-0.4, -0.2) is 12.0 Å². The Hall–Kier alpha value is -0.170. The van der Waals surface area contributed by atoms with E-state index in [0.29, 0.717) is 10.8 Å². The van der Waals surface area contributed by atoms with Gasteiger partial charge in [-0.25, -0.2) is 0 Å². The van der Waals surface area contributed by atoms with Crippen LogP contribution in [0.4, 0.5) is 0 Å². The van der Waals surface area contributed by atoms with Gasteiger partial charge >= 0.3 is 0 Å². The van der Waals surface area contributed by atoms with Gasteiger partial charge in [-0.05, 0) is 87.0 Å². The van der Waals surface area contributed by atoms with Gasteiger partial charge in [0.15, 0.2) is 0 Å². The lowest BCUT2D eigenvalue weighted by atomic mass is 9.51. The Morgan fingerprint density at radius 3 is 2.95 bits per heavy atom. The number of fused-ring (bicyclic) bond motifs is 5. The van der Waals surface area contributed by atoms with E-state index in [2.05, 4.69) is 25.3 Å². The van der Waals surface area contributed by atoms with E-state index in [1.165, 1.54) is 70.0 Å². The minimum absolute atomic E-state index is 0.494. The minimum atomic E-state index is 0.494. The van der Waals surface area contributed by atoms with Crippen molar-refractivity contribution < 1.29 is 0 Å². The molecule has 4 rings (SSSR count). The second kappa shape index (κ2) is 5.72. The Balaban J connectivity index is 1.74. The summed E-state index contributed by atoms with van der Waals surface area (Å²) in [6, 6.07) is 0. The molecule has 0 unspecified atom stereocenters. The fourth-order valence-corrected chi connectivity index (χ4v) is 7.10. The van der Waals surface area contributed by atoms with E-state index in [4.69, 9.17) is 0 Å². The SMILES string of the molecule is CSCC[C@]12CCCC=C1CC[C@@H]1C2=CC[C@]2(C)CCC[C@@H]12. The summed E-state index contributed by atoms with van der Waals surface area (Å²) < 4.78 is 0. The molecule has 0 amide bonds. The highest BCUT2D eigenvalue weighted by atomic mass is 32.2. The third-order valence-corrected chi connectivity index (χ3v) is 8.27. The molecule has 4 aliphatic carbocycles. The fourth-order valence-electron chi connectivity index (χ4n) is 6.54. The molecule has 22 heavy (non-hydrogen) atoms. The Morgan fingerprint density at radius 2 is 2.09 bits per heavy atom. The van der Waals surface area contributed by atoms with Gasteiger partial charge in [-0.2, -0.15) is 11.8 Å². The van der Waals surface area contributed by atoms with Gasteiger partial charge in [-0.3, -0.25) is 0 Å². The first-order chi connectivity index (χ1) is 10.7. The molecule has 0 bridgehead atoms. The standard InChI is InChI=1S/C21H32S/c1-20-11-5-7-18(20)17-9-8-16-6-3-4-12-21(16,14-15-22-2)19(17)10-13-20/h6,10,17-18H,3-5,7-9,11-15H2,1-2H3/t17-,18-,20-,21+/m0/s1. The van der Waals surface area contributed by atoms with Crippen LogP contribution in [0.2, 0.25) is 0 Å². The summed E-state index contributed by atoms with van der Waals surface area (Å²) >= 11 is 2.05. The van der Waals surface area contributed by atoms with Gasteiger partial charge in [0.05, 0.1) is 0 Å². The summed E-state index contributed by atoms with van der Waals surface area (Å²) in [7, 11) is 0. The molecule has 0 nitrogen and oxygen atoms in total. The fraction of sp³-hybridized carbons (Fsp3) is 0.810. The van der Waals surface area contributed by atoms with Gasteiger partial charge in [0.25, 0.3) is 0 Å². The van der Waals surface area contributed by atoms with E-state index in [-0.39, 0.29) is 0 Å². The molecule has 0 heterocycles. The molecule has 4 atom stereocenters. The van der Waals surface area contributed by atoms with Gasteiger partial charge in [0.1, 0.15) is 0 Å². The van der Waals surface area contributed by atoms with Crippen molar-refractivity contribution in [3.8, 4) is 0 Å². The van der Waals surface area contributed by atoms with Crippen molar-refractivity contribution >= 4 is 11.8 Å². The maximum absolute atomic E-state index is 2.76.